The van der Waals surface area contributed by atoms with Crippen LogP contribution in [0.3, 0.4) is 0 Å². The molecule has 29 heavy (non-hydrogen) atoms. The van der Waals surface area contributed by atoms with E-state index in [0.717, 1.165) is 23.0 Å². The first-order valence-electron chi connectivity index (χ1n) is 8.46. The number of fused-ring (bicyclic) bond motifs is 1. The second kappa shape index (κ2) is 7.72. The molecule has 1 fully saturated rings. The Morgan fingerprint density at radius 2 is 2.07 bits per heavy atom. The summed E-state index contributed by atoms with van der Waals surface area (Å²) in [5.74, 6) is -3.06. The first kappa shape index (κ1) is 20.6. The first-order chi connectivity index (χ1) is 13.4. The maximum Gasteiger partial charge on any atom is 0.341 e. The summed E-state index contributed by atoms with van der Waals surface area (Å²) in [4.78, 5) is 33.6. The molecule has 1 aliphatic rings. The molecule has 1 saturated heterocycles. The molecule has 3 N–H and O–H groups in total. The number of halogens is 3. The molecule has 0 radical (unpaired) electrons. The van der Waals surface area contributed by atoms with E-state index < -0.39 is 28.6 Å². The van der Waals surface area contributed by atoms with Crippen molar-refractivity contribution < 1.29 is 18.7 Å². The van der Waals surface area contributed by atoms with Gasteiger partial charge in [-0.3, -0.25) is 14.3 Å². The Morgan fingerprint density at radius 1 is 1.31 bits per heavy atom. The number of hydrogen-bond acceptors (Lipinski definition) is 6. The minimum atomic E-state index is -1.51. The number of carboxylic acids is 1. The van der Waals surface area contributed by atoms with Gasteiger partial charge in [-0.1, -0.05) is 0 Å². The van der Waals surface area contributed by atoms with Gasteiger partial charge in [0.15, 0.2) is 23.1 Å². The summed E-state index contributed by atoms with van der Waals surface area (Å²) in [6.45, 7) is 0.869. The van der Waals surface area contributed by atoms with Crippen molar-refractivity contribution in [2.75, 3.05) is 18.0 Å². The number of aromatic carboxylic acids is 1. The monoisotopic (exact) mass is 423 g/mol. The zero-order valence-corrected chi connectivity index (χ0v) is 15.7. The van der Waals surface area contributed by atoms with Crippen LogP contribution < -0.4 is 16.1 Å². The minimum Gasteiger partial charge on any atom is -0.477 e. The summed E-state index contributed by atoms with van der Waals surface area (Å²) in [7, 11) is 0. The highest BCUT2D eigenvalue weighted by Gasteiger charge is 2.26. The lowest BCUT2D eigenvalue weighted by Gasteiger charge is -2.19. The molecule has 8 nitrogen and oxygen atoms in total. The van der Waals surface area contributed by atoms with Crippen LogP contribution >= 0.6 is 12.4 Å². The average molecular weight is 424 g/mol. The van der Waals surface area contributed by atoms with Crippen molar-refractivity contribution in [2.24, 2.45) is 5.73 Å². The van der Waals surface area contributed by atoms with Crippen molar-refractivity contribution >= 4 is 35.2 Å². The van der Waals surface area contributed by atoms with E-state index in [-0.39, 0.29) is 41.0 Å². The van der Waals surface area contributed by atoms with Crippen LogP contribution in [0.15, 0.2) is 35.5 Å². The Hall–Kier alpha value is -3.11. The number of hydrogen-bond donors (Lipinski definition) is 2. The fraction of sp³-hybridized carbons (Fsp3) is 0.222. The summed E-state index contributed by atoms with van der Waals surface area (Å²) < 4.78 is 30.2. The van der Waals surface area contributed by atoms with Gasteiger partial charge in [0.05, 0.1) is 17.3 Å². The Bertz CT molecular complexity index is 1170. The van der Waals surface area contributed by atoms with Crippen LogP contribution in [-0.2, 0) is 0 Å². The molecular weight excluding hydrogens is 408 g/mol. The Kier molecular flexibility index (Phi) is 5.49. The summed E-state index contributed by atoms with van der Waals surface area (Å²) in [6.07, 6.45) is 3.90. The van der Waals surface area contributed by atoms with Gasteiger partial charge in [-0.15, -0.1) is 12.4 Å². The maximum atomic E-state index is 14.7. The quantitative estimate of drug-likeness (QED) is 0.659. The largest absolute Gasteiger partial charge is 0.477 e. The third kappa shape index (κ3) is 3.52. The number of carbonyl (C=O) groups is 1. The predicted octanol–water partition coefficient (Wildman–Crippen LogP) is 1.72. The summed E-state index contributed by atoms with van der Waals surface area (Å²) >= 11 is 0. The van der Waals surface area contributed by atoms with E-state index in [2.05, 4.69) is 9.97 Å². The predicted molar refractivity (Wildman–Crippen MR) is 104 cm³/mol. The molecule has 0 aliphatic carbocycles. The second-order valence-electron chi connectivity index (χ2n) is 6.53. The van der Waals surface area contributed by atoms with Crippen LogP contribution in [0, 0.1) is 11.6 Å². The Labute approximate surface area is 169 Å². The Morgan fingerprint density at radius 3 is 2.69 bits per heavy atom. The van der Waals surface area contributed by atoms with E-state index in [1.165, 1.54) is 12.3 Å². The summed E-state index contributed by atoms with van der Waals surface area (Å²) in [5.41, 5.74) is 4.23. The number of nitrogens with zero attached hydrogens (tertiary/aromatic N) is 4. The van der Waals surface area contributed by atoms with Gasteiger partial charge in [0.2, 0.25) is 5.43 Å². The summed E-state index contributed by atoms with van der Waals surface area (Å²) in [5, 5.41) is 9.07. The zero-order valence-electron chi connectivity index (χ0n) is 14.9. The van der Waals surface area contributed by atoms with Gasteiger partial charge in [-0.2, -0.15) is 0 Å². The molecule has 0 unspecified atom stereocenters. The van der Waals surface area contributed by atoms with Gasteiger partial charge in [-0.25, -0.2) is 18.6 Å². The van der Waals surface area contributed by atoms with Crippen molar-refractivity contribution in [1.82, 2.24) is 14.5 Å². The number of rotatable bonds is 3. The molecule has 3 aromatic heterocycles. The van der Waals surface area contributed by atoms with Crippen molar-refractivity contribution in [1.29, 1.82) is 0 Å². The highest BCUT2D eigenvalue weighted by atomic mass is 35.5. The zero-order chi connectivity index (χ0) is 20.0. The number of pyridine rings is 3. The molecule has 0 amide bonds. The van der Waals surface area contributed by atoms with Gasteiger partial charge in [0.1, 0.15) is 5.56 Å². The molecule has 11 heteroatoms. The van der Waals surface area contributed by atoms with Gasteiger partial charge < -0.3 is 15.7 Å². The standard InChI is InChI=1S/C18H15F2N5O3.ClH/c19-12-5-10-15(26)11(18(27)28)8-25(14-1-3-22-6-13(14)20)16(10)23-17(12)24-4-2-9(21)7-24;/h1,3,5-6,8-9H,2,4,7,21H2,(H,27,28);1H/t9-;/m0./s1. The third-order valence-electron chi connectivity index (χ3n) is 4.68. The normalized spacial score (nSPS) is 16.1. The van der Waals surface area contributed by atoms with Crippen molar-refractivity contribution in [2.45, 2.75) is 12.5 Å². The van der Waals surface area contributed by atoms with Crippen LogP contribution in [0.1, 0.15) is 16.8 Å². The maximum absolute atomic E-state index is 14.7. The van der Waals surface area contributed by atoms with E-state index in [9.17, 15) is 23.5 Å². The highest BCUT2D eigenvalue weighted by molar-refractivity contribution is 5.92. The number of anilines is 1. The molecular formula is C18H16ClF2N5O3. The van der Waals surface area contributed by atoms with Crippen LogP contribution in [0.25, 0.3) is 16.7 Å². The fourth-order valence-electron chi connectivity index (χ4n) is 3.32. The molecule has 0 bridgehead atoms. The van der Waals surface area contributed by atoms with Gasteiger partial charge >= 0.3 is 5.97 Å². The van der Waals surface area contributed by atoms with Crippen LogP contribution in [0.4, 0.5) is 14.6 Å². The number of aromatic nitrogens is 3. The third-order valence-corrected chi connectivity index (χ3v) is 4.68. The molecule has 0 saturated carbocycles. The molecule has 0 spiro atoms. The SMILES string of the molecule is Cl.N[C@H]1CCN(c2nc3c(cc2F)c(=O)c(C(=O)O)cn3-c2ccncc2F)C1. The minimum absolute atomic E-state index is 0. The van der Waals surface area contributed by atoms with Gasteiger partial charge in [-0.05, 0) is 18.6 Å². The van der Waals surface area contributed by atoms with E-state index in [4.69, 9.17) is 5.73 Å². The van der Waals surface area contributed by atoms with E-state index >= 15 is 0 Å². The van der Waals surface area contributed by atoms with Crippen molar-refractivity contribution in [3.63, 3.8) is 0 Å². The molecule has 4 rings (SSSR count). The summed E-state index contributed by atoms with van der Waals surface area (Å²) in [6, 6.07) is 2.11. The molecule has 3 aromatic rings. The topological polar surface area (TPSA) is 114 Å². The first-order valence-corrected chi connectivity index (χ1v) is 8.46. The van der Waals surface area contributed by atoms with Crippen LogP contribution in [0.5, 0.6) is 0 Å². The fourth-order valence-corrected chi connectivity index (χ4v) is 3.32. The van der Waals surface area contributed by atoms with Crippen molar-refractivity contribution in [3.8, 4) is 5.69 Å². The Balaban J connectivity index is 0.00000240. The van der Waals surface area contributed by atoms with Crippen LogP contribution in [0.2, 0.25) is 0 Å². The average Bonchev–Trinajstić information content (AvgIpc) is 3.08. The smallest absolute Gasteiger partial charge is 0.341 e. The lowest BCUT2D eigenvalue weighted by molar-refractivity contribution is 0.0695. The molecule has 1 aliphatic heterocycles. The number of nitrogens with two attached hydrogens (primary N) is 1. The lowest BCUT2D eigenvalue weighted by atomic mass is 10.1. The second-order valence-corrected chi connectivity index (χ2v) is 6.53. The molecule has 152 valence electrons. The van der Waals surface area contributed by atoms with Crippen LogP contribution in [-0.4, -0.2) is 44.7 Å². The molecule has 1 atom stereocenters. The number of carboxylic acid groups (broad SMARTS) is 1. The van der Waals surface area contributed by atoms with E-state index in [0.29, 0.717) is 19.5 Å². The van der Waals surface area contributed by atoms with E-state index in [1.54, 1.807) is 4.90 Å². The van der Waals surface area contributed by atoms with E-state index in [1.807, 2.05) is 0 Å². The molecule has 0 aromatic carbocycles. The highest BCUT2D eigenvalue weighted by Crippen LogP contribution is 2.26. The lowest BCUT2D eigenvalue weighted by Crippen LogP contribution is -2.28. The van der Waals surface area contributed by atoms with Crippen molar-refractivity contribution in [3.05, 3.63) is 58.1 Å². The molecule has 4 heterocycles. The van der Waals surface area contributed by atoms with Gasteiger partial charge in [0.25, 0.3) is 0 Å². The van der Waals surface area contributed by atoms with Gasteiger partial charge in [0, 0.05) is 31.5 Å².